The van der Waals surface area contributed by atoms with Gasteiger partial charge in [-0.1, -0.05) is 154 Å². The number of amides is 1. The number of hydrogen-bond acceptors (Lipinski definition) is 6. The number of carbonyl (C=O) groups is 2. The van der Waals surface area contributed by atoms with E-state index in [2.05, 4.69) is 22.0 Å². The summed E-state index contributed by atoms with van der Waals surface area (Å²) in [5.74, 6) is -0.660. The predicted molar refractivity (Wildman–Crippen MR) is 161 cm³/mol. The molecule has 0 aliphatic carbocycles. The van der Waals surface area contributed by atoms with Gasteiger partial charge in [0.15, 0.2) is 0 Å². The molecular weight excluding hydrogens is 494 g/mol. The molecule has 0 aromatic heterocycles. The van der Waals surface area contributed by atoms with E-state index in [1.165, 1.54) is 148 Å². The van der Waals surface area contributed by atoms with Crippen molar-refractivity contribution in [2.24, 2.45) is 0 Å². The summed E-state index contributed by atoms with van der Waals surface area (Å²) in [5.41, 5.74) is 12.3. The van der Waals surface area contributed by atoms with Gasteiger partial charge in [0.2, 0.25) is 0 Å². The molecule has 0 spiro atoms. The molecule has 0 unspecified atom stereocenters. The zero-order chi connectivity index (χ0) is 28.5. The van der Waals surface area contributed by atoms with Crippen molar-refractivity contribution in [2.45, 2.75) is 173 Å². The van der Waals surface area contributed by atoms with Crippen molar-refractivity contribution in [2.75, 3.05) is 6.54 Å². The molecule has 0 bridgehead atoms. The van der Waals surface area contributed by atoms with Crippen LogP contribution in [0.5, 0.6) is 0 Å². The summed E-state index contributed by atoms with van der Waals surface area (Å²) in [5, 5.41) is 17.0. The topological polar surface area (TPSA) is 135 Å². The molecule has 0 saturated carbocycles. The van der Waals surface area contributed by atoms with Crippen LogP contribution in [0.1, 0.15) is 173 Å². The van der Waals surface area contributed by atoms with Gasteiger partial charge in [0.25, 0.3) is 0 Å². The molecule has 0 radical (unpaired) electrons. The van der Waals surface area contributed by atoms with Gasteiger partial charge >= 0.3 is 12.1 Å². The van der Waals surface area contributed by atoms with Crippen molar-refractivity contribution in [1.29, 1.82) is 0 Å². The first-order valence-corrected chi connectivity index (χ1v) is 16.3. The fraction of sp³-hybridized carbons (Fsp3) is 0.933. The maximum absolute atomic E-state index is 10.5. The zero-order valence-corrected chi connectivity index (χ0v) is 25.0. The Bertz CT molecular complexity index is 482. The molecular formula is C30H63N5O4. The molecule has 232 valence electrons. The highest BCUT2D eigenvalue weighted by atomic mass is 16.4. The van der Waals surface area contributed by atoms with Crippen molar-refractivity contribution in [3.63, 3.8) is 0 Å². The van der Waals surface area contributed by atoms with E-state index < -0.39 is 12.1 Å². The van der Waals surface area contributed by atoms with E-state index in [9.17, 15) is 9.59 Å². The highest BCUT2D eigenvalue weighted by molar-refractivity contribution is 5.66. The van der Waals surface area contributed by atoms with Gasteiger partial charge in [-0.15, -0.1) is 0 Å². The van der Waals surface area contributed by atoms with Crippen LogP contribution < -0.4 is 27.5 Å². The van der Waals surface area contributed by atoms with Gasteiger partial charge in [0.1, 0.15) is 0 Å². The Balaban J connectivity index is 3.04. The summed E-state index contributed by atoms with van der Waals surface area (Å²) in [6, 6.07) is 0. The third-order valence-electron chi connectivity index (χ3n) is 7.33. The number of hydrogen-bond donors (Lipinski definition) is 7. The summed E-state index contributed by atoms with van der Waals surface area (Å²) < 4.78 is 0. The second-order valence-electron chi connectivity index (χ2n) is 11.1. The van der Waals surface area contributed by atoms with Crippen LogP contribution in [0.2, 0.25) is 0 Å². The quantitative estimate of drug-likeness (QED) is 0.0320. The van der Waals surface area contributed by atoms with E-state index in [0.29, 0.717) is 6.42 Å². The SMILES string of the molecule is O=C(O)CCCCCCCCCCCCCCCCCCCCCCCCCCCCNNNNNC(=O)O. The van der Waals surface area contributed by atoms with Gasteiger partial charge in [-0.2, -0.15) is 16.6 Å². The lowest BCUT2D eigenvalue weighted by Gasteiger charge is -2.09. The maximum atomic E-state index is 10.5. The van der Waals surface area contributed by atoms with Crippen LogP contribution in [0.3, 0.4) is 0 Å². The molecule has 0 rings (SSSR count). The first kappa shape index (κ1) is 37.6. The van der Waals surface area contributed by atoms with Crippen LogP contribution in [-0.4, -0.2) is 28.8 Å². The van der Waals surface area contributed by atoms with Gasteiger partial charge in [0.05, 0.1) is 0 Å². The highest BCUT2D eigenvalue weighted by Crippen LogP contribution is 2.16. The number of nitrogens with one attached hydrogen (secondary N) is 5. The first-order chi connectivity index (χ1) is 19.1. The van der Waals surface area contributed by atoms with E-state index in [-0.39, 0.29) is 0 Å². The van der Waals surface area contributed by atoms with E-state index in [4.69, 9.17) is 10.2 Å². The van der Waals surface area contributed by atoms with Gasteiger partial charge in [-0.05, 0) is 12.8 Å². The molecule has 9 nitrogen and oxygen atoms in total. The fourth-order valence-corrected chi connectivity index (χ4v) is 4.95. The van der Waals surface area contributed by atoms with Crippen LogP contribution in [0.4, 0.5) is 4.79 Å². The van der Waals surface area contributed by atoms with E-state index in [1.807, 2.05) is 5.43 Å². The molecule has 0 atom stereocenters. The molecule has 7 N–H and O–H groups in total. The molecule has 0 fully saturated rings. The summed E-state index contributed by atoms with van der Waals surface area (Å²) in [6.45, 7) is 0.838. The third-order valence-corrected chi connectivity index (χ3v) is 7.33. The minimum atomic E-state index is -1.15. The lowest BCUT2D eigenvalue weighted by molar-refractivity contribution is -0.137. The highest BCUT2D eigenvalue weighted by Gasteiger charge is 1.98. The average molecular weight is 558 g/mol. The Morgan fingerprint density at radius 1 is 0.385 bits per heavy atom. The third kappa shape index (κ3) is 36.6. The van der Waals surface area contributed by atoms with Gasteiger partial charge in [-0.25, -0.2) is 15.6 Å². The molecule has 0 aromatic carbocycles. The van der Waals surface area contributed by atoms with Crippen molar-refractivity contribution in [1.82, 2.24) is 27.5 Å². The minimum absolute atomic E-state index is 0.334. The van der Waals surface area contributed by atoms with Gasteiger partial charge in [-0.3, -0.25) is 4.79 Å². The maximum Gasteiger partial charge on any atom is 0.420 e. The molecule has 0 aliphatic rings. The number of hydrazine groups is 4. The summed E-state index contributed by atoms with van der Waals surface area (Å²) in [6.07, 6.45) is 33.7. The van der Waals surface area contributed by atoms with Crippen LogP contribution in [0.25, 0.3) is 0 Å². The smallest absolute Gasteiger partial charge is 0.420 e. The summed E-state index contributed by atoms with van der Waals surface area (Å²) >= 11 is 0. The van der Waals surface area contributed by atoms with Crippen LogP contribution in [0.15, 0.2) is 0 Å². The molecule has 0 heterocycles. The Kier molecular flexibility index (Phi) is 31.6. The first-order valence-electron chi connectivity index (χ1n) is 16.3. The molecule has 1 amide bonds. The number of carboxylic acids is 1. The minimum Gasteiger partial charge on any atom is -0.481 e. The Morgan fingerprint density at radius 3 is 1.00 bits per heavy atom. The summed E-state index contributed by atoms with van der Waals surface area (Å²) in [4.78, 5) is 20.7. The Morgan fingerprint density at radius 2 is 0.692 bits per heavy atom. The van der Waals surface area contributed by atoms with E-state index >= 15 is 0 Å². The molecule has 0 aromatic rings. The van der Waals surface area contributed by atoms with Crippen molar-refractivity contribution < 1.29 is 19.8 Å². The van der Waals surface area contributed by atoms with Crippen molar-refractivity contribution in [3.05, 3.63) is 0 Å². The second kappa shape index (κ2) is 32.8. The molecule has 9 heteroatoms. The predicted octanol–water partition coefficient (Wildman–Crippen LogP) is 7.89. The fourth-order valence-electron chi connectivity index (χ4n) is 4.95. The largest absolute Gasteiger partial charge is 0.481 e. The van der Waals surface area contributed by atoms with Gasteiger partial charge in [0, 0.05) is 13.0 Å². The van der Waals surface area contributed by atoms with Crippen LogP contribution in [-0.2, 0) is 4.79 Å². The van der Waals surface area contributed by atoms with Crippen LogP contribution >= 0.6 is 0 Å². The summed E-state index contributed by atoms with van der Waals surface area (Å²) in [7, 11) is 0. The van der Waals surface area contributed by atoms with E-state index in [0.717, 1.165) is 25.8 Å². The Labute approximate surface area is 239 Å². The average Bonchev–Trinajstić information content (AvgIpc) is 2.91. The van der Waals surface area contributed by atoms with Crippen molar-refractivity contribution in [3.8, 4) is 0 Å². The normalized spacial score (nSPS) is 11.2. The number of carboxylic acid groups (broad SMARTS) is 2. The van der Waals surface area contributed by atoms with Crippen molar-refractivity contribution >= 4 is 12.1 Å². The number of rotatable bonds is 33. The molecule has 0 aliphatic heterocycles. The Hall–Kier alpha value is -1.42. The van der Waals surface area contributed by atoms with E-state index in [1.54, 1.807) is 0 Å². The van der Waals surface area contributed by atoms with Gasteiger partial charge < -0.3 is 10.2 Å². The zero-order valence-electron chi connectivity index (χ0n) is 25.0. The number of aliphatic carboxylic acids is 1. The monoisotopic (exact) mass is 557 g/mol. The van der Waals surface area contributed by atoms with Crippen LogP contribution in [0, 0.1) is 0 Å². The lowest BCUT2D eigenvalue weighted by Crippen LogP contribution is -2.56. The molecule has 0 saturated heterocycles. The number of unbranched alkanes of at least 4 members (excludes halogenated alkanes) is 25. The molecule has 39 heavy (non-hydrogen) atoms. The second-order valence-corrected chi connectivity index (χ2v) is 11.1. The lowest BCUT2D eigenvalue weighted by atomic mass is 10.0. The standard InChI is InChI=1S/C30H63N5O4/c36-29(37)27-25-23-21-19-17-15-13-11-9-7-5-3-1-2-4-6-8-10-12-14-16-18-20-22-24-26-28-31-33-35-34-32-30(38)39/h31-35H,1-28H2,(H,36,37)(H,38,39).